The number of pyridine rings is 2. The number of piperazine rings is 1. The molecule has 1 aliphatic rings. The zero-order chi connectivity index (χ0) is 18.4. The van der Waals surface area contributed by atoms with Gasteiger partial charge in [-0.05, 0) is 31.7 Å². The van der Waals surface area contributed by atoms with Crippen LogP contribution in [-0.2, 0) is 13.1 Å². The summed E-state index contributed by atoms with van der Waals surface area (Å²) in [6.45, 7) is 8.96. The number of rotatable bonds is 7. The fourth-order valence-corrected chi connectivity index (χ4v) is 3.12. The fourth-order valence-electron chi connectivity index (χ4n) is 3.12. The van der Waals surface area contributed by atoms with Crippen LogP contribution in [0.15, 0.2) is 36.7 Å². The number of hydrogen-bond acceptors (Lipinski definition) is 6. The van der Waals surface area contributed by atoms with Gasteiger partial charge in [-0.2, -0.15) is 0 Å². The topological polar surface area (TPSA) is 47.5 Å². The molecule has 0 atom stereocenters. The predicted molar refractivity (Wildman–Crippen MR) is 108 cm³/mol. The van der Waals surface area contributed by atoms with Crippen molar-refractivity contribution in [2.24, 2.45) is 0 Å². The summed E-state index contributed by atoms with van der Waals surface area (Å²) in [5.74, 6) is 2.13. The van der Waals surface area contributed by atoms with Crippen molar-refractivity contribution in [2.75, 3.05) is 56.6 Å². The summed E-state index contributed by atoms with van der Waals surface area (Å²) in [7, 11) is 4.23. The van der Waals surface area contributed by atoms with Gasteiger partial charge < -0.3 is 20.0 Å². The molecule has 0 unspecified atom stereocenters. The lowest BCUT2D eigenvalue weighted by Gasteiger charge is -2.34. The Morgan fingerprint density at radius 3 is 2.58 bits per heavy atom. The summed E-state index contributed by atoms with van der Waals surface area (Å²) in [5.41, 5.74) is 2.45. The van der Waals surface area contributed by atoms with Crippen LogP contribution in [0.4, 0.5) is 11.6 Å². The zero-order valence-electron chi connectivity index (χ0n) is 16.1. The van der Waals surface area contributed by atoms with Crippen molar-refractivity contribution >= 4 is 11.6 Å². The summed E-state index contributed by atoms with van der Waals surface area (Å²) in [6.07, 6.45) is 3.85. The molecule has 0 bridgehead atoms. The summed E-state index contributed by atoms with van der Waals surface area (Å²) < 4.78 is 0. The van der Waals surface area contributed by atoms with Crippen molar-refractivity contribution in [1.29, 1.82) is 0 Å². The van der Waals surface area contributed by atoms with E-state index < -0.39 is 0 Å². The third-order valence-electron chi connectivity index (χ3n) is 4.99. The molecule has 0 aliphatic carbocycles. The van der Waals surface area contributed by atoms with Crippen molar-refractivity contribution in [3.63, 3.8) is 0 Å². The van der Waals surface area contributed by atoms with Crippen LogP contribution in [0.1, 0.15) is 18.1 Å². The van der Waals surface area contributed by atoms with Gasteiger partial charge in [0, 0.05) is 70.8 Å². The molecule has 0 radical (unpaired) electrons. The van der Waals surface area contributed by atoms with Crippen molar-refractivity contribution in [3.8, 4) is 0 Å². The molecule has 26 heavy (non-hydrogen) atoms. The van der Waals surface area contributed by atoms with Gasteiger partial charge in [0.05, 0.1) is 0 Å². The molecule has 0 amide bonds. The van der Waals surface area contributed by atoms with E-state index in [0.717, 1.165) is 57.4 Å². The average Bonchev–Trinajstić information content (AvgIpc) is 2.69. The van der Waals surface area contributed by atoms with Gasteiger partial charge in [0.1, 0.15) is 11.6 Å². The van der Waals surface area contributed by atoms with Crippen LogP contribution in [0, 0.1) is 0 Å². The Morgan fingerprint density at radius 1 is 1.08 bits per heavy atom. The SMILES string of the molecule is CCN(C)c1ccc(CNCc2cccnc2N2CCN(C)CC2)cn1. The van der Waals surface area contributed by atoms with Gasteiger partial charge in [0.25, 0.3) is 0 Å². The highest BCUT2D eigenvalue weighted by molar-refractivity contribution is 5.47. The molecule has 2 aromatic heterocycles. The molecule has 6 nitrogen and oxygen atoms in total. The smallest absolute Gasteiger partial charge is 0.133 e. The Hall–Kier alpha value is -2.18. The Labute approximate surface area is 156 Å². The molecule has 1 fully saturated rings. The molecule has 1 saturated heterocycles. The highest BCUT2D eigenvalue weighted by Crippen LogP contribution is 2.19. The van der Waals surface area contributed by atoms with Gasteiger partial charge in [-0.15, -0.1) is 0 Å². The molecule has 6 heteroatoms. The van der Waals surface area contributed by atoms with Crippen LogP contribution < -0.4 is 15.1 Å². The van der Waals surface area contributed by atoms with Crippen molar-refractivity contribution in [2.45, 2.75) is 20.0 Å². The molecule has 0 saturated carbocycles. The molecule has 3 heterocycles. The summed E-state index contributed by atoms with van der Waals surface area (Å²) in [5, 5.41) is 3.54. The third-order valence-corrected chi connectivity index (χ3v) is 4.99. The molecule has 2 aromatic rings. The standard InChI is InChI=1S/C20H30N6/c1-4-25(3)19-8-7-17(15-23-19)14-21-16-18-6-5-9-22-20(18)26-12-10-24(2)11-13-26/h5-9,15,21H,4,10-14,16H2,1-3H3. The second-order valence-electron chi connectivity index (χ2n) is 6.92. The number of nitrogens with zero attached hydrogens (tertiary/aromatic N) is 5. The largest absolute Gasteiger partial charge is 0.360 e. The van der Waals surface area contributed by atoms with E-state index in [0.29, 0.717) is 0 Å². The second-order valence-corrected chi connectivity index (χ2v) is 6.92. The van der Waals surface area contributed by atoms with Gasteiger partial charge in [-0.1, -0.05) is 12.1 Å². The van der Waals surface area contributed by atoms with Gasteiger partial charge in [0.2, 0.25) is 0 Å². The van der Waals surface area contributed by atoms with Crippen molar-refractivity contribution in [3.05, 3.63) is 47.8 Å². The first-order valence-electron chi connectivity index (χ1n) is 9.41. The minimum Gasteiger partial charge on any atom is -0.360 e. The van der Waals surface area contributed by atoms with E-state index in [1.807, 2.05) is 18.5 Å². The Balaban J connectivity index is 1.57. The first-order valence-corrected chi connectivity index (χ1v) is 9.41. The molecule has 0 aromatic carbocycles. The minimum atomic E-state index is 0.806. The van der Waals surface area contributed by atoms with Gasteiger partial charge in [0.15, 0.2) is 0 Å². The number of aromatic nitrogens is 2. The van der Waals surface area contributed by atoms with E-state index in [9.17, 15) is 0 Å². The summed E-state index contributed by atoms with van der Waals surface area (Å²) in [4.78, 5) is 16.1. The van der Waals surface area contributed by atoms with Crippen LogP contribution >= 0.6 is 0 Å². The molecule has 3 rings (SSSR count). The maximum atomic E-state index is 4.64. The average molecular weight is 355 g/mol. The summed E-state index contributed by atoms with van der Waals surface area (Å²) >= 11 is 0. The Kier molecular flexibility index (Phi) is 6.41. The highest BCUT2D eigenvalue weighted by atomic mass is 15.3. The fraction of sp³-hybridized carbons (Fsp3) is 0.500. The monoisotopic (exact) mass is 354 g/mol. The molecular formula is C20H30N6. The van der Waals surface area contributed by atoms with Crippen LogP contribution in [0.5, 0.6) is 0 Å². The third kappa shape index (κ3) is 4.71. The van der Waals surface area contributed by atoms with E-state index >= 15 is 0 Å². The predicted octanol–water partition coefficient (Wildman–Crippen LogP) is 1.97. The van der Waals surface area contributed by atoms with Crippen LogP contribution in [0.25, 0.3) is 0 Å². The Morgan fingerprint density at radius 2 is 1.88 bits per heavy atom. The lowest BCUT2D eigenvalue weighted by Crippen LogP contribution is -2.45. The van der Waals surface area contributed by atoms with E-state index in [2.05, 4.69) is 69.2 Å². The number of likely N-dealkylation sites (N-methyl/N-ethyl adjacent to an activating group) is 1. The number of anilines is 2. The normalized spacial score (nSPS) is 15.3. The van der Waals surface area contributed by atoms with E-state index in [4.69, 9.17) is 0 Å². The Bertz CT molecular complexity index is 679. The maximum absolute atomic E-state index is 4.64. The molecule has 1 aliphatic heterocycles. The summed E-state index contributed by atoms with van der Waals surface area (Å²) in [6, 6.07) is 8.42. The van der Waals surface area contributed by atoms with Crippen molar-refractivity contribution in [1.82, 2.24) is 20.2 Å². The minimum absolute atomic E-state index is 0.806. The maximum Gasteiger partial charge on any atom is 0.133 e. The van der Waals surface area contributed by atoms with Crippen molar-refractivity contribution < 1.29 is 0 Å². The van der Waals surface area contributed by atoms with Crippen LogP contribution in [0.3, 0.4) is 0 Å². The highest BCUT2D eigenvalue weighted by Gasteiger charge is 2.17. The van der Waals surface area contributed by atoms with E-state index in [-0.39, 0.29) is 0 Å². The second kappa shape index (κ2) is 8.96. The quantitative estimate of drug-likeness (QED) is 0.820. The van der Waals surface area contributed by atoms with E-state index in [1.165, 1.54) is 11.1 Å². The lowest BCUT2D eigenvalue weighted by molar-refractivity contribution is 0.311. The van der Waals surface area contributed by atoms with Gasteiger partial charge >= 0.3 is 0 Å². The van der Waals surface area contributed by atoms with Gasteiger partial charge in [-0.3, -0.25) is 0 Å². The molecule has 140 valence electrons. The molecule has 0 spiro atoms. The number of hydrogen-bond donors (Lipinski definition) is 1. The first-order chi connectivity index (χ1) is 12.7. The van der Waals surface area contributed by atoms with Crippen LogP contribution in [-0.4, -0.2) is 61.7 Å². The zero-order valence-corrected chi connectivity index (χ0v) is 16.1. The molecule has 1 N–H and O–H groups in total. The molecular weight excluding hydrogens is 324 g/mol. The number of nitrogens with one attached hydrogen (secondary N) is 1. The lowest BCUT2D eigenvalue weighted by atomic mass is 10.2. The van der Waals surface area contributed by atoms with Crippen LogP contribution in [0.2, 0.25) is 0 Å². The van der Waals surface area contributed by atoms with E-state index in [1.54, 1.807) is 0 Å². The first kappa shape index (κ1) is 18.6. The van der Waals surface area contributed by atoms with Gasteiger partial charge in [-0.25, -0.2) is 9.97 Å².